The summed E-state index contributed by atoms with van der Waals surface area (Å²) in [5.41, 5.74) is 0.435. The standard InChI is InChI=1S/C14H31N3/c1-5-14(4,12-15-6-2)13-17-10-8-16(7-3)9-11-17/h15H,5-13H2,1-4H3. The van der Waals surface area contributed by atoms with Crippen LogP contribution in [0.25, 0.3) is 0 Å². The van der Waals surface area contributed by atoms with Crippen LogP contribution in [0.1, 0.15) is 34.1 Å². The molecule has 1 atom stereocenters. The van der Waals surface area contributed by atoms with Crippen molar-refractivity contribution in [2.75, 3.05) is 52.4 Å². The highest BCUT2D eigenvalue weighted by Gasteiger charge is 2.26. The third-order valence-electron chi connectivity index (χ3n) is 4.17. The van der Waals surface area contributed by atoms with Gasteiger partial charge in [-0.25, -0.2) is 0 Å². The minimum atomic E-state index is 0.435. The molecule has 1 aliphatic rings. The molecule has 1 heterocycles. The Hall–Kier alpha value is -0.120. The van der Waals surface area contributed by atoms with Gasteiger partial charge < -0.3 is 15.1 Å². The summed E-state index contributed by atoms with van der Waals surface area (Å²) in [7, 11) is 0. The van der Waals surface area contributed by atoms with E-state index in [9.17, 15) is 0 Å². The molecule has 1 N–H and O–H groups in total. The Morgan fingerprint density at radius 1 is 1.00 bits per heavy atom. The molecule has 1 rings (SSSR count). The summed E-state index contributed by atoms with van der Waals surface area (Å²) in [4.78, 5) is 5.19. The molecule has 1 aliphatic heterocycles. The molecular weight excluding hydrogens is 210 g/mol. The number of piperazine rings is 1. The van der Waals surface area contributed by atoms with E-state index in [1.807, 2.05) is 0 Å². The second-order valence-corrected chi connectivity index (χ2v) is 5.65. The summed E-state index contributed by atoms with van der Waals surface area (Å²) < 4.78 is 0. The minimum absolute atomic E-state index is 0.435. The van der Waals surface area contributed by atoms with E-state index in [4.69, 9.17) is 0 Å². The van der Waals surface area contributed by atoms with Gasteiger partial charge in [-0.3, -0.25) is 0 Å². The van der Waals surface area contributed by atoms with Crippen LogP contribution in [-0.2, 0) is 0 Å². The van der Waals surface area contributed by atoms with Crippen LogP contribution in [0.15, 0.2) is 0 Å². The summed E-state index contributed by atoms with van der Waals surface area (Å²) in [6.45, 7) is 18.9. The van der Waals surface area contributed by atoms with Crippen LogP contribution in [0.2, 0.25) is 0 Å². The lowest BCUT2D eigenvalue weighted by molar-refractivity contribution is 0.0910. The number of hydrogen-bond donors (Lipinski definition) is 1. The van der Waals surface area contributed by atoms with Crippen molar-refractivity contribution < 1.29 is 0 Å². The molecule has 3 heteroatoms. The van der Waals surface area contributed by atoms with Gasteiger partial charge in [-0.15, -0.1) is 0 Å². The summed E-state index contributed by atoms with van der Waals surface area (Å²) in [6.07, 6.45) is 1.26. The average Bonchev–Trinajstić information content (AvgIpc) is 2.37. The summed E-state index contributed by atoms with van der Waals surface area (Å²) in [6, 6.07) is 0. The van der Waals surface area contributed by atoms with Crippen molar-refractivity contribution >= 4 is 0 Å². The van der Waals surface area contributed by atoms with E-state index < -0.39 is 0 Å². The van der Waals surface area contributed by atoms with Crippen molar-refractivity contribution in [2.45, 2.75) is 34.1 Å². The third kappa shape index (κ3) is 4.94. The van der Waals surface area contributed by atoms with Crippen LogP contribution in [0.3, 0.4) is 0 Å². The number of rotatable bonds is 7. The molecule has 0 spiro atoms. The molecule has 0 aromatic carbocycles. The first-order valence-electron chi connectivity index (χ1n) is 7.29. The fraction of sp³-hybridized carbons (Fsp3) is 1.00. The zero-order chi connectivity index (χ0) is 12.7. The maximum absolute atomic E-state index is 3.51. The molecule has 0 amide bonds. The van der Waals surface area contributed by atoms with Gasteiger partial charge in [0.1, 0.15) is 0 Å². The largest absolute Gasteiger partial charge is 0.316 e. The topological polar surface area (TPSA) is 18.5 Å². The van der Waals surface area contributed by atoms with E-state index in [0.717, 1.165) is 13.1 Å². The van der Waals surface area contributed by atoms with Crippen molar-refractivity contribution in [1.82, 2.24) is 15.1 Å². The van der Waals surface area contributed by atoms with Crippen molar-refractivity contribution in [3.8, 4) is 0 Å². The van der Waals surface area contributed by atoms with Gasteiger partial charge in [0, 0.05) is 39.3 Å². The smallest absolute Gasteiger partial charge is 0.0110 e. The second kappa shape index (κ2) is 7.34. The molecule has 3 nitrogen and oxygen atoms in total. The van der Waals surface area contributed by atoms with Gasteiger partial charge in [-0.1, -0.05) is 27.7 Å². The highest BCUT2D eigenvalue weighted by molar-refractivity contribution is 4.82. The summed E-state index contributed by atoms with van der Waals surface area (Å²) >= 11 is 0. The maximum atomic E-state index is 3.51. The van der Waals surface area contributed by atoms with Crippen LogP contribution in [0.5, 0.6) is 0 Å². The third-order valence-corrected chi connectivity index (χ3v) is 4.17. The maximum Gasteiger partial charge on any atom is 0.0110 e. The lowest BCUT2D eigenvalue weighted by Crippen LogP contribution is -2.50. The van der Waals surface area contributed by atoms with Gasteiger partial charge in [0.15, 0.2) is 0 Å². The van der Waals surface area contributed by atoms with Gasteiger partial charge in [0.25, 0.3) is 0 Å². The van der Waals surface area contributed by atoms with Crippen molar-refractivity contribution in [1.29, 1.82) is 0 Å². The second-order valence-electron chi connectivity index (χ2n) is 5.65. The molecule has 1 unspecified atom stereocenters. The number of nitrogens with zero attached hydrogens (tertiary/aromatic N) is 2. The zero-order valence-electron chi connectivity index (χ0n) is 12.3. The monoisotopic (exact) mass is 241 g/mol. The Morgan fingerprint density at radius 2 is 1.59 bits per heavy atom. The molecule has 0 aliphatic carbocycles. The fourth-order valence-electron chi connectivity index (χ4n) is 2.52. The van der Waals surface area contributed by atoms with Gasteiger partial charge in [-0.2, -0.15) is 0 Å². The molecule has 0 bridgehead atoms. The molecular formula is C14H31N3. The molecule has 102 valence electrons. The lowest BCUT2D eigenvalue weighted by Gasteiger charge is -2.40. The Labute approximate surface area is 108 Å². The number of nitrogens with one attached hydrogen (secondary N) is 1. The van der Waals surface area contributed by atoms with Crippen molar-refractivity contribution in [3.63, 3.8) is 0 Å². The molecule has 1 fully saturated rings. The minimum Gasteiger partial charge on any atom is -0.316 e. The Bertz CT molecular complexity index is 200. The van der Waals surface area contributed by atoms with Gasteiger partial charge >= 0.3 is 0 Å². The normalized spacial score (nSPS) is 22.6. The summed E-state index contributed by atoms with van der Waals surface area (Å²) in [5, 5.41) is 3.51. The molecule has 0 aromatic rings. The van der Waals surface area contributed by atoms with Crippen molar-refractivity contribution in [2.24, 2.45) is 5.41 Å². The van der Waals surface area contributed by atoms with Crippen LogP contribution in [0.4, 0.5) is 0 Å². The molecule has 1 saturated heterocycles. The van der Waals surface area contributed by atoms with Gasteiger partial charge in [0.05, 0.1) is 0 Å². The van der Waals surface area contributed by atoms with E-state index in [-0.39, 0.29) is 0 Å². The highest BCUT2D eigenvalue weighted by Crippen LogP contribution is 2.22. The fourth-order valence-corrected chi connectivity index (χ4v) is 2.52. The van der Waals surface area contributed by atoms with Gasteiger partial charge in [0.2, 0.25) is 0 Å². The number of hydrogen-bond acceptors (Lipinski definition) is 3. The average molecular weight is 241 g/mol. The van der Waals surface area contributed by atoms with E-state index in [1.165, 1.54) is 45.7 Å². The molecule has 0 saturated carbocycles. The van der Waals surface area contributed by atoms with E-state index in [1.54, 1.807) is 0 Å². The number of likely N-dealkylation sites (N-methyl/N-ethyl adjacent to an activating group) is 1. The van der Waals surface area contributed by atoms with Crippen molar-refractivity contribution in [3.05, 3.63) is 0 Å². The highest BCUT2D eigenvalue weighted by atomic mass is 15.3. The molecule has 17 heavy (non-hydrogen) atoms. The van der Waals surface area contributed by atoms with Gasteiger partial charge in [-0.05, 0) is 24.9 Å². The first-order chi connectivity index (χ1) is 8.13. The van der Waals surface area contributed by atoms with E-state index in [0.29, 0.717) is 5.41 Å². The van der Waals surface area contributed by atoms with E-state index in [2.05, 4.69) is 42.8 Å². The lowest BCUT2D eigenvalue weighted by atomic mass is 9.86. The SMILES string of the molecule is CCNCC(C)(CC)CN1CCN(CC)CC1. The van der Waals surface area contributed by atoms with Crippen LogP contribution < -0.4 is 5.32 Å². The first-order valence-corrected chi connectivity index (χ1v) is 7.29. The Morgan fingerprint density at radius 3 is 2.06 bits per heavy atom. The summed E-state index contributed by atoms with van der Waals surface area (Å²) in [5.74, 6) is 0. The Balaban J connectivity index is 2.35. The quantitative estimate of drug-likeness (QED) is 0.731. The van der Waals surface area contributed by atoms with Crippen LogP contribution in [-0.4, -0.2) is 62.2 Å². The van der Waals surface area contributed by atoms with Crippen LogP contribution in [0, 0.1) is 5.41 Å². The zero-order valence-corrected chi connectivity index (χ0v) is 12.3. The predicted molar refractivity (Wildman–Crippen MR) is 75.5 cm³/mol. The predicted octanol–water partition coefficient (Wildman–Crippen LogP) is 1.65. The Kier molecular flexibility index (Phi) is 6.45. The first kappa shape index (κ1) is 14.9. The molecule has 0 radical (unpaired) electrons. The van der Waals surface area contributed by atoms with E-state index >= 15 is 0 Å². The van der Waals surface area contributed by atoms with Crippen LogP contribution >= 0.6 is 0 Å². The molecule has 0 aromatic heterocycles.